The van der Waals surface area contributed by atoms with Gasteiger partial charge in [-0.05, 0) is 23.8 Å². The van der Waals surface area contributed by atoms with Crippen molar-refractivity contribution < 1.29 is 14.3 Å². The SMILES string of the molecule is COc1ccc(CC(=O)NNC(=O)c2nn(C)c(=O)c3ccccc23)cc1. The van der Waals surface area contributed by atoms with Crippen molar-refractivity contribution in [1.82, 2.24) is 20.6 Å². The van der Waals surface area contributed by atoms with Crippen molar-refractivity contribution in [3.05, 3.63) is 70.1 Å². The Morgan fingerprint density at radius 3 is 2.37 bits per heavy atom. The highest BCUT2D eigenvalue weighted by molar-refractivity contribution is 6.05. The standard InChI is InChI=1S/C19H18N4O4/c1-23-19(26)15-6-4-3-5-14(15)17(22-23)18(25)21-20-16(24)11-12-7-9-13(27-2)10-8-12/h3-10H,11H2,1-2H3,(H,20,24)(H,21,25). The molecule has 0 atom stereocenters. The van der Waals surface area contributed by atoms with E-state index in [0.717, 1.165) is 10.2 Å². The van der Waals surface area contributed by atoms with Gasteiger partial charge in [0.25, 0.3) is 11.5 Å². The van der Waals surface area contributed by atoms with Crippen LogP contribution in [0.2, 0.25) is 0 Å². The Hall–Kier alpha value is -3.68. The zero-order valence-corrected chi connectivity index (χ0v) is 14.9. The Balaban J connectivity index is 1.70. The van der Waals surface area contributed by atoms with E-state index in [4.69, 9.17) is 4.74 Å². The van der Waals surface area contributed by atoms with Crippen molar-refractivity contribution in [2.45, 2.75) is 6.42 Å². The molecular formula is C19H18N4O4. The van der Waals surface area contributed by atoms with Crippen LogP contribution in [0.15, 0.2) is 53.3 Å². The second-order valence-electron chi connectivity index (χ2n) is 5.85. The van der Waals surface area contributed by atoms with Crippen molar-refractivity contribution in [2.75, 3.05) is 7.11 Å². The molecule has 0 radical (unpaired) electrons. The fourth-order valence-corrected chi connectivity index (χ4v) is 2.63. The van der Waals surface area contributed by atoms with Crippen LogP contribution in [0.5, 0.6) is 5.75 Å². The molecule has 0 saturated carbocycles. The van der Waals surface area contributed by atoms with E-state index in [9.17, 15) is 14.4 Å². The zero-order valence-electron chi connectivity index (χ0n) is 14.9. The number of ether oxygens (including phenoxy) is 1. The summed E-state index contributed by atoms with van der Waals surface area (Å²) in [5.41, 5.74) is 5.22. The number of aryl methyl sites for hydroxylation is 1. The second-order valence-corrected chi connectivity index (χ2v) is 5.85. The molecule has 1 heterocycles. The minimum absolute atomic E-state index is 0.0532. The van der Waals surface area contributed by atoms with Crippen LogP contribution < -0.4 is 21.1 Å². The molecule has 0 spiro atoms. The first-order valence-electron chi connectivity index (χ1n) is 8.17. The molecule has 0 bridgehead atoms. The molecular weight excluding hydrogens is 348 g/mol. The minimum Gasteiger partial charge on any atom is -0.497 e. The molecule has 2 N–H and O–H groups in total. The van der Waals surface area contributed by atoms with Gasteiger partial charge in [0.15, 0.2) is 5.69 Å². The van der Waals surface area contributed by atoms with Crippen LogP contribution in [0.1, 0.15) is 16.1 Å². The van der Waals surface area contributed by atoms with Crippen molar-refractivity contribution >= 4 is 22.6 Å². The lowest BCUT2D eigenvalue weighted by Gasteiger charge is -2.10. The van der Waals surface area contributed by atoms with Gasteiger partial charge in [-0.2, -0.15) is 5.10 Å². The first-order valence-corrected chi connectivity index (χ1v) is 8.17. The van der Waals surface area contributed by atoms with Gasteiger partial charge >= 0.3 is 0 Å². The Morgan fingerprint density at radius 1 is 1.04 bits per heavy atom. The first kappa shape index (κ1) is 18.1. The molecule has 138 valence electrons. The lowest BCUT2D eigenvalue weighted by molar-refractivity contribution is -0.121. The first-order chi connectivity index (χ1) is 13.0. The monoisotopic (exact) mass is 366 g/mol. The fourth-order valence-electron chi connectivity index (χ4n) is 2.63. The van der Waals surface area contributed by atoms with E-state index in [-0.39, 0.29) is 23.6 Å². The molecule has 0 aliphatic rings. The predicted molar refractivity (Wildman–Crippen MR) is 99.3 cm³/mol. The number of nitrogens with zero attached hydrogens (tertiary/aromatic N) is 2. The maximum Gasteiger partial charge on any atom is 0.290 e. The number of nitrogens with one attached hydrogen (secondary N) is 2. The van der Waals surface area contributed by atoms with Gasteiger partial charge in [0.1, 0.15) is 5.75 Å². The van der Waals surface area contributed by atoms with Crippen molar-refractivity contribution in [3.63, 3.8) is 0 Å². The van der Waals surface area contributed by atoms with Gasteiger partial charge < -0.3 is 4.74 Å². The van der Waals surface area contributed by atoms with Crippen LogP contribution in [-0.4, -0.2) is 28.7 Å². The highest BCUT2D eigenvalue weighted by Crippen LogP contribution is 2.13. The maximum atomic E-state index is 12.4. The van der Waals surface area contributed by atoms with E-state index in [2.05, 4.69) is 16.0 Å². The molecule has 2 aromatic carbocycles. The number of benzene rings is 2. The third-order valence-electron chi connectivity index (χ3n) is 4.01. The molecule has 8 nitrogen and oxygen atoms in total. The number of amides is 2. The van der Waals surface area contributed by atoms with Crippen molar-refractivity contribution in [3.8, 4) is 5.75 Å². The molecule has 3 aromatic rings. The number of aromatic nitrogens is 2. The maximum absolute atomic E-state index is 12.4. The Morgan fingerprint density at radius 2 is 1.70 bits per heavy atom. The third kappa shape index (κ3) is 3.95. The van der Waals surface area contributed by atoms with Crippen LogP contribution in [0.25, 0.3) is 10.8 Å². The van der Waals surface area contributed by atoms with Crippen LogP contribution in [-0.2, 0) is 18.3 Å². The topological polar surface area (TPSA) is 102 Å². The summed E-state index contributed by atoms with van der Waals surface area (Å²) in [6.07, 6.45) is 0.0890. The van der Waals surface area contributed by atoms with Crippen LogP contribution in [0.4, 0.5) is 0 Å². The van der Waals surface area contributed by atoms with E-state index in [1.165, 1.54) is 7.05 Å². The minimum atomic E-state index is -0.607. The largest absolute Gasteiger partial charge is 0.497 e. The smallest absolute Gasteiger partial charge is 0.290 e. The fraction of sp³-hybridized carbons (Fsp3) is 0.158. The van der Waals surface area contributed by atoms with E-state index in [1.807, 2.05) is 0 Å². The molecule has 2 amide bonds. The van der Waals surface area contributed by atoms with Gasteiger partial charge in [-0.15, -0.1) is 0 Å². The molecule has 0 saturated heterocycles. The van der Waals surface area contributed by atoms with E-state index < -0.39 is 5.91 Å². The van der Waals surface area contributed by atoms with Gasteiger partial charge in [-0.25, -0.2) is 4.68 Å². The van der Waals surface area contributed by atoms with Gasteiger partial charge in [0.2, 0.25) is 5.91 Å². The molecule has 1 aromatic heterocycles. The molecule has 8 heteroatoms. The summed E-state index contributed by atoms with van der Waals surface area (Å²) in [6, 6.07) is 13.7. The normalized spacial score (nSPS) is 10.4. The van der Waals surface area contributed by atoms with Crippen LogP contribution in [0, 0.1) is 0 Å². The van der Waals surface area contributed by atoms with Gasteiger partial charge in [-0.3, -0.25) is 25.2 Å². The lowest BCUT2D eigenvalue weighted by Crippen LogP contribution is -2.43. The van der Waals surface area contributed by atoms with Gasteiger partial charge in [0.05, 0.1) is 18.9 Å². The molecule has 0 aliphatic carbocycles. The van der Waals surface area contributed by atoms with Crippen LogP contribution >= 0.6 is 0 Å². The summed E-state index contributed by atoms with van der Waals surface area (Å²) in [5, 5.41) is 4.81. The Bertz CT molecular complexity index is 1060. The molecule has 0 fully saturated rings. The van der Waals surface area contributed by atoms with Crippen LogP contribution in [0.3, 0.4) is 0 Å². The number of hydrazine groups is 1. The summed E-state index contributed by atoms with van der Waals surface area (Å²) in [5.74, 6) is -0.298. The van der Waals surface area contributed by atoms with Gasteiger partial charge in [-0.1, -0.05) is 30.3 Å². The number of hydrogen-bond acceptors (Lipinski definition) is 5. The molecule has 27 heavy (non-hydrogen) atoms. The average Bonchev–Trinajstić information content (AvgIpc) is 2.69. The quantitative estimate of drug-likeness (QED) is 0.669. The van der Waals surface area contributed by atoms with Gasteiger partial charge in [0, 0.05) is 12.4 Å². The summed E-state index contributed by atoms with van der Waals surface area (Å²) >= 11 is 0. The second kappa shape index (κ2) is 7.69. The highest BCUT2D eigenvalue weighted by Gasteiger charge is 2.16. The van der Waals surface area contributed by atoms with E-state index in [0.29, 0.717) is 16.5 Å². The number of carbonyl (C=O) groups is 2. The lowest BCUT2D eigenvalue weighted by atomic mass is 10.1. The third-order valence-corrected chi connectivity index (χ3v) is 4.01. The Kier molecular flexibility index (Phi) is 5.16. The summed E-state index contributed by atoms with van der Waals surface area (Å²) in [6.45, 7) is 0. The summed E-state index contributed by atoms with van der Waals surface area (Å²) < 4.78 is 6.16. The predicted octanol–water partition coefficient (Wildman–Crippen LogP) is 0.946. The average molecular weight is 366 g/mol. The number of carbonyl (C=O) groups excluding carboxylic acids is 2. The number of fused-ring (bicyclic) bond motifs is 1. The summed E-state index contributed by atoms with van der Waals surface area (Å²) in [7, 11) is 3.03. The number of methoxy groups -OCH3 is 1. The molecule has 0 unspecified atom stereocenters. The summed E-state index contributed by atoms with van der Waals surface area (Å²) in [4.78, 5) is 36.6. The van der Waals surface area contributed by atoms with E-state index in [1.54, 1.807) is 55.6 Å². The number of rotatable bonds is 4. The molecule has 0 aliphatic heterocycles. The number of hydrogen-bond donors (Lipinski definition) is 2. The van der Waals surface area contributed by atoms with E-state index >= 15 is 0 Å². The van der Waals surface area contributed by atoms with Crippen molar-refractivity contribution in [1.29, 1.82) is 0 Å². The Labute approximate surface area is 154 Å². The zero-order chi connectivity index (χ0) is 19.4. The molecule has 3 rings (SSSR count). The highest BCUT2D eigenvalue weighted by atomic mass is 16.5. The van der Waals surface area contributed by atoms with Crippen molar-refractivity contribution in [2.24, 2.45) is 7.05 Å².